The smallest absolute Gasteiger partial charge is 0.0579 e. The number of hydrogen-bond acceptors (Lipinski definition) is 0. The average molecular weight is 361 g/mol. The van der Waals surface area contributed by atoms with Crippen molar-refractivity contribution in [2.75, 3.05) is 0 Å². The molecule has 0 bridgehead atoms. The molecule has 1 aliphatic rings. The second-order valence-electron chi connectivity index (χ2n) is 9.50. The Morgan fingerprint density at radius 1 is 0.600 bits per heavy atom. The molecular weight excluding hydrogens is 332 g/mol. The van der Waals surface area contributed by atoms with Crippen LogP contribution >= 0.6 is 0 Å². The average Bonchev–Trinajstić information content (AvgIpc) is 2.86. The van der Waals surface area contributed by atoms with Gasteiger partial charge in [0.1, 0.15) is 0 Å². The summed E-state index contributed by atoms with van der Waals surface area (Å²) in [6.07, 6.45) is 0. The molecule has 0 spiro atoms. The standard InChI is InChI=1S/C23H28Si2/c1-24(2,3)23(25(4,5)6)20-14-10-9-13-19(20)22-18-12-8-7-11-17(18)15-16-21(22)23/h7-16H,1-6H3. The molecule has 0 radical (unpaired) electrons. The fraction of sp³-hybridized carbons (Fsp3) is 0.304. The summed E-state index contributed by atoms with van der Waals surface area (Å²) in [5.74, 6) is 0. The van der Waals surface area contributed by atoms with Crippen LogP contribution in [0, 0.1) is 0 Å². The minimum Gasteiger partial charge on any atom is -0.0688 e. The van der Waals surface area contributed by atoms with E-state index in [-0.39, 0.29) is 4.66 Å². The lowest BCUT2D eigenvalue weighted by Crippen LogP contribution is -2.63. The lowest BCUT2D eigenvalue weighted by Gasteiger charge is -2.51. The first-order valence-electron chi connectivity index (χ1n) is 9.32. The van der Waals surface area contributed by atoms with Crippen LogP contribution in [0.1, 0.15) is 11.1 Å². The van der Waals surface area contributed by atoms with Crippen LogP contribution in [0.2, 0.25) is 39.3 Å². The van der Waals surface area contributed by atoms with Crippen LogP contribution in [-0.2, 0) is 4.66 Å². The summed E-state index contributed by atoms with van der Waals surface area (Å²) < 4.78 is 0.260. The molecule has 128 valence electrons. The quantitative estimate of drug-likeness (QED) is 0.438. The van der Waals surface area contributed by atoms with Crippen molar-refractivity contribution in [2.45, 2.75) is 43.9 Å². The van der Waals surface area contributed by atoms with Crippen molar-refractivity contribution in [1.82, 2.24) is 0 Å². The van der Waals surface area contributed by atoms with Crippen LogP contribution in [-0.4, -0.2) is 16.1 Å². The minimum absolute atomic E-state index is 0.260. The van der Waals surface area contributed by atoms with Crippen molar-refractivity contribution in [3.63, 3.8) is 0 Å². The van der Waals surface area contributed by atoms with Crippen LogP contribution in [0.3, 0.4) is 0 Å². The number of fused-ring (bicyclic) bond motifs is 5. The van der Waals surface area contributed by atoms with E-state index in [0.29, 0.717) is 0 Å². The van der Waals surface area contributed by atoms with E-state index in [4.69, 9.17) is 0 Å². The Morgan fingerprint density at radius 3 is 1.88 bits per heavy atom. The largest absolute Gasteiger partial charge is 0.0688 e. The van der Waals surface area contributed by atoms with Crippen LogP contribution < -0.4 is 0 Å². The van der Waals surface area contributed by atoms with Gasteiger partial charge in [-0.2, -0.15) is 0 Å². The van der Waals surface area contributed by atoms with Crippen LogP contribution in [0.4, 0.5) is 0 Å². The van der Waals surface area contributed by atoms with Gasteiger partial charge in [0.15, 0.2) is 0 Å². The van der Waals surface area contributed by atoms with E-state index in [1.165, 1.54) is 21.9 Å². The minimum atomic E-state index is -1.54. The molecule has 0 nitrogen and oxygen atoms in total. The van der Waals surface area contributed by atoms with E-state index in [1.807, 2.05) is 0 Å². The van der Waals surface area contributed by atoms with Gasteiger partial charge in [-0.15, -0.1) is 0 Å². The molecular formula is C23H28Si2. The molecule has 3 aromatic rings. The molecule has 0 aliphatic heterocycles. The van der Waals surface area contributed by atoms with Gasteiger partial charge in [-0.25, -0.2) is 0 Å². The second kappa shape index (κ2) is 5.18. The maximum atomic E-state index is 2.58. The van der Waals surface area contributed by atoms with Crippen molar-refractivity contribution < 1.29 is 0 Å². The Hall–Kier alpha value is -1.65. The highest BCUT2D eigenvalue weighted by molar-refractivity contribution is 6.99. The molecule has 4 rings (SSSR count). The van der Waals surface area contributed by atoms with E-state index in [1.54, 1.807) is 11.1 Å². The van der Waals surface area contributed by atoms with Crippen molar-refractivity contribution in [3.05, 3.63) is 71.8 Å². The summed E-state index contributed by atoms with van der Waals surface area (Å²) in [5.41, 5.74) is 6.23. The molecule has 2 heteroatoms. The van der Waals surface area contributed by atoms with Gasteiger partial charge in [0, 0.05) is 4.66 Å². The highest BCUT2D eigenvalue weighted by atomic mass is 28.4. The maximum absolute atomic E-state index is 2.58. The van der Waals surface area contributed by atoms with Gasteiger partial charge in [0.05, 0.1) is 16.1 Å². The molecule has 0 amide bonds. The fourth-order valence-corrected chi connectivity index (χ4v) is 18.9. The molecule has 25 heavy (non-hydrogen) atoms. The van der Waals surface area contributed by atoms with E-state index in [0.717, 1.165) is 0 Å². The third-order valence-electron chi connectivity index (χ3n) is 6.18. The normalized spacial score (nSPS) is 15.9. The topological polar surface area (TPSA) is 0 Å². The summed E-state index contributed by atoms with van der Waals surface area (Å²) in [7, 11) is -3.08. The molecule has 0 atom stereocenters. The van der Waals surface area contributed by atoms with E-state index in [2.05, 4.69) is 99.9 Å². The van der Waals surface area contributed by atoms with Gasteiger partial charge >= 0.3 is 0 Å². The Labute approximate surface area is 153 Å². The van der Waals surface area contributed by atoms with Gasteiger partial charge in [0.2, 0.25) is 0 Å². The van der Waals surface area contributed by atoms with Crippen LogP contribution in [0.25, 0.3) is 21.9 Å². The van der Waals surface area contributed by atoms with Crippen molar-refractivity contribution in [3.8, 4) is 11.1 Å². The summed E-state index contributed by atoms with van der Waals surface area (Å²) in [6.45, 7) is 15.5. The predicted molar refractivity (Wildman–Crippen MR) is 117 cm³/mol. The molecule has 0 N–H and O–H groups in total. The monoisotopic (exact) mass is 360 g/mol. The number of benzene rings is 3. The van der Waals surface area contributed by atoms with Crippen molar-refractivity contribution >= 4 is 26.9 Å². The fourth-order valence-electron chi connectivity index (χ4n) is 5.79. The van der Waals surface area contributed by atoms with E-state index < -0.39 is 16.1 Å². The molecule has 0 unspecified atom stereocenters. The van der Waals surface area contributed by atoms with Gasteiger partial charge < -0.3 is 0 Å². The summed E-state index contributed by atoms with van der Waals surface area (Å²) in [6, 6.07) is 23.0. The Kier molecular flexibility index (Phi) is 3.48. The lowest BCUT2D eigenvalue weighted by atomic mass is 9.98. The lowest BCUT2D eigenvalue weighted by molar-refractivity contribution is 0.953. The molecule has 0 saturated heterocycles. The molecule has 3 aromatic carbocycles. The SMILES string of the molecule is C[Si](C)(C)C1([Si](C)(C)C)c2ccccc2-c2c1ccc1ccccc21. The Bertz CT molecular complexity index is 957. The summed E-state index contributed by atoms with van der Waals surface area (Å²) in [4.78, 5) is 0. The van der Waals surface area contributed by atoms with E-state index in [9.17, 15) is 0 Å². The zero-order valence-corrected chi connectivity index (χ0v) is 18.3. The Morgan fingerprint density at radius 2 is 1.20 bits per heavy atom. The van der Waals surface area contributed by atoms with Gasteiger partial charge in [0.25, 0.3) is 0 Å². The van der Waals surface area contributed by atoms with Crippen LogP contribution in [0.15, 0.2) is 60.7 Å². The zero-order valence-electron chi connectivity index (χ0n) is 16.3. The molecule has 1 aliphatic carbocycles. The highest BCUT2D eigenvalue weighted by Crippen LogP contribution is 2.58. The zero-order chi connectivity index (χ0) is 18.0. The van der Waals surface area contributed by atoms with E-state index >= 15 is 0 Å². The summed E-state index contributed by atoms with van der Waals surface area (Å²) >= 11 is 0. The van der Waals surface area contributed by atoms with Gasteiger partial charge in [-0.1, -0.05) is 99.9 Å². The number of rotatable bonds is 2. The summed E-state index contributed by atoms with van der Waals surface area (Å²) in [5, 5.41) is 2.78. The maximum Gasteiger partial charge on any atom is 0.0579 e. The third-order valence-corrected chi connectivity index (χ3v) is 16.3. The van der Waals surface area contributed by atoms with Crippen molar-refractivity contribution in [2.24, 2.45) is 0 Å². The first-order chi connectivity index (χ1) is 11.7. The van der Waals surface area contributed by atoms with Gasteiger partial charge in [-0.05, 0) is 33.0 Å². The van der Waals surface area contributed by atoms with Gasteiger partial charge in [-0.3, -0.25) is 0 Å². The molecule has 0 fully saturated rings. The predicted octanol–water partition coefficient (Wildman–Crippen LogP) is 6.86. The number of hydrogen-bond donors (Lipinski definition) is 0. The first kappa shape index (κ1) is 16.8. The first-order valence-corrected chi connectivity index (χ1v) is 16.3. The highest BCUT2D eigenvalue weighted by Gasteiger charge is 2.59. The molecule has 0 heterocycles. The second-order valence-corrected chi connectivity index (χ2v) is 20.5. The Balaban J connectivity index is 2.26. The molecule has 0 saturated carbocycles. The van der Waals surface area contributed by atoms with Crippen LogP contribution in [0.5, 0.6) is 0 Å². The molecule has 0 aromatic heterocycles. The third kappa shape index (κ3) is 2.04. The van der Waals surface area contributed by atoms with Crippen molar-refractivity contribution in [1.29, 1.82) is 0 Å².